The van der Waals surface area contributed by atoms with Gasteiger partial charge in [-0.2, -0.15) is 0 Å². The molecule has 0 unspecified atom stereocenters. The third kappa shape index (κ3) is 3.67. The van der Waals surface area contributed by atoms with Crippen LogP contribution in [0.25, 0.3) is 10.9 Å². The average Bonchev–Trinajstić information content (AvgIpc) is 3.13. The molecule has 158 valence electrons. The number of benzene rings is 3. The molecule has 4 heteroatoms. The van der Waals surface area contributed by atoms with E-state index in [9.17, 15) is 0 Å². The first-order valence-electron chi connectivity index (χ1n) is 10.7. The molecule has 5 rings (SSSR count). The Morgan fingerprint density at radius 2 is 1.65 bits per heavy atom. The van der Waals surface area contributed by atoms with Gasteiger partial charge >= 0.3 is 0 Å². The zero-order valence-corrected chi connectivity index (χ0v) is 19.5. The Labute approximate surface area is 193 Å². The second kappa shape index (κ2) is 7.70. The van der Waals surface area contributed by atoms with Crippen molar-refractivity contribution in [1.29, 1.82) is 0 Å². The van der Waals surface area contributed by atoms with E-state index >= 15 is 0 Å². The maximum absolute atomic E-state index is 6.64. The van der Waals surface area contributed by atoms with Crippen molar-refractivity contribution in [3.8, 4) is 0 Å². The Bertz CT molecular complexity index is 1250. The summed E-state index contributed by atoms with van der Waals surface area (Å²) in [6.45, 7) is 7.55. The number of aromatic nitrogens is 1. The molecule has 1 aliphatic rings. The van der Waals surface area contributed by atoms with Gasteiger partial charge < -0.3 is 10.3 Å². The lowest BCUT2D eigenvalue weighted by atomic mass is 9.82. The summed E-state index contributed by atoms with van der Waals surface area (Å²) in [6, 6.07) is 23.5. The number of fused-ring (bicyclic) bond motifs is 3. The zero-order chi connectivity index (χ0) is 21.8. The summed E-state index contributed by atoms with van der Waals surface area (Å²) in [7, 11) is 0. The first-order chi connectivity index (χ1) is 14.8. The molecule has 2 N–H and O–H groups in total. The lowest BCUT2D eigenvalue weighted by molar-refractivity contribution is 0.524. The van der Waals surface area contributed by atoms with Gasteiger partial charge in [-0.25, -0.2) is 0 Å². The quantitative estimate of drug-likeness (QED) is 0.324. The Morgan fingerprint density at radius 3 is 2.35 bits per heavy atom. The van der Waals surface area contributed by atoms with Gasteiger partial charge in [-0.15, -0.1) is 0 Å². The molecule has 2 atom stereocenters. The van der Waals surface area contributed by atoms with Crippen LogP contribution in [-0.2, 0) is 5.41 Å². The molecule has 0 aliphatic carbocycles. The van der Waals surface area contributed by atoms with E-state index in [4.69, 9.17) is 23.2 Å². The molecule has 0 radical (unpaired) electrons. The van der Waals surface area contributed by atoms with Crippen molar-refractivity contribution < 1.29 is 0 Å². The van der Waals surface area contributed by atoms with Crippen LogP contribution in [0.15, 0.2) is 66.7 Å². The van der Waals surface area contributed by atoms with Crippen LogP contribution in [-0.4, -0.2) is 11.5 Å². The van der Waals surface area contributed by atoms with E-state index in [0.29, 0.717) is 10.0 Å². The lowest BCUT2D eigenvalue weighted by Gasteiger charge is -2.32. The molecule has 0 saturated carbocycles. The van der Waals surface area contributed by atoms with Gasteiger partial charge in [0.2, 0.25) is 0 Å². The highest BCUT2D eigenvalue weighted by atomic mass is 35.5. The number of halogens is 2. The van der Waals surface area contributed by atoms with Gasteiger partial charge in [0, 0.05) is 39.1 Å². The maximum atomic E-state index is 6.64. The van der Waals surface area contributed by atoms with Gasteiger partial charge in [0.25, 0.3) is 0 Å². The monoisotopic (exact) mass is 448 g/mol. The lowest BCUT2D eigenvalue weighted by Crippen LogP contribution is -2.34. The molecule has 2 heterocycles. The molecule has 3 aromatic carbocycles. The van der Waals surface area contributed by atoms with Crippen molar-refractivity contribution in [2.45, 2.75) is 38.1 Å². The number of aromatic amines is 1. The molecule has 1 aromatic heterocycles. The van der Waals surface area contributed by atoms with E-state index in [1.54, 1.807) is 0 Å². The van der Waals surface area contributed by atoms with Crippen molar-refractivity contribution in [3.63, 3.8) is 0 Å². The fourth-order valence-electron chi connectivity index (χ4n) is 4.74. The van der Waals surface area contributed by atoms with Gasteiger partial charge in [0.1, 0.15) is 0 Å². The fourth-order valence-corrected chi connectivity index (χ4v) is 5.28. The second-order valence-electron chi connectivity index (χ2n) is 9.43. The van der Waals surface area contributed by atoms with E-state index in [1.807, 2.05) is 12.1 Å². The normalized spacial score (nSPS) is 18.9. The van der Waals surface area contributed by atoms with Gasteiger partial charge in [0.15, 0.2) is 0 Å². The summed E-state index contributed by atoms with van der Waals surface area (Å²) < 4.78 is 0. The summed E-state index contributed by atoms with van der Waals surface area (Å²) in [5.41, 5.74) is 7.54. The highest BCUT2D eigenvalue weighted by Crippen LogP contribution is 2.43. The highest BCUT2D eigenvalue weighted by molar-refractivity contribution is 6.35. The van der Waals surface area contributed by atoms with E-state index in [0.717, 1.165) is 17.6 Å². The summed E-state index contributed by atoms with van der Waals surface area (Å²) in [5, 5.41) is 6.41. The number of H-pyrrole nitrogens is 1. The molecule has 0 saturated heterocycles. The summed E-state index contributed by atoms with van der Waals surface area (Å²) in [4.78, 5) is 3.71. The first-order valence-corrected chi connectivity index (χ1v) is 11.5. The molecular weight excluding hydrogens is 423 g/mol. The van der Waals surface area contributed by atoms with Crippen LogP contribution < -0.4 is 5.32 Å². The van der Waals surface area contributed by atoms with Crippen LogP contribution in [0.3, 0.4) is 0 Å². The van der Waals surface area contributed by atoms with Gasteiger partial charge in [-0.3, -0.25) is 0 Å². The number of hydrogen-bond acceptors (Lipinski definition) is 1. The summed E-state index contributed by atoms with van der Waals surface area (Å²) in [6.07, 6.45) is 0. The molecular formula is C27H26Cl2N2. The van der Waals surface area contributed by atoms with Gasteiger partial charge in [-0.1, -0.05) is 92.5 Å². The van der Waals surface area contributed by atoms with Gasteiger partial charge in [-0.05, 0) is 45.9 Å². The molecule has 2 nitrogen and oxygen atoms in total. The minimum absolute atomic E-state index is 0.110. The van der Waals surface area contributed by atoms with E-state index in [1.165, 1.54) is 27.8 Å². The summed E-state index contributed by atoms with van der Waals surface area (Å²) >= 11 is 12.8. The van der Waals surface area contributed by atoms with E-state index in [2.05, 4.69) is 85.7 Å². The standard InChI is InChI=1S/C27H26Cl2N2/c1-27(2,3)17-10-8-16(9-11-17)25-26-24(20-6-4-5-7-23(20)31-26)21(15-30-25)19-13-12-18(28)14-22(19)29/h4-14,21,25,30-31H,15H2,1-3H3/t21-,25+/m0/s1. The topological polar surface area (TPSA) is 27.8 Å². The molecule has 1 aliphatic heterocycles. The summed E-state index contributed by atoms with van der Waals surface area (Å²) in [5.74, 6) is 0.154. The van der Waals surface area contributed by atoms with Crippen LogP contribution >= 0.6 is 23.2 Å². The van der Waals surface area contributed by atoms with Crippen molar-refractivity contribution in [2.75, 3.05) is 6.54 Å². The predicted molar refractivity (Wildman–Crippen MR) is 132 cm³/mol. The van der Waals surface area contributed by atoms with E-state index < -0.39 is 0 Å². The number of para-hydroxylation sites is 1. The third-order valence-corrected chi connectivity index (χ3v) is 6.95. The molecule has 0 amide bonds. The van der Waals surface area contributed by atoms with Crippen molar-refractivity contribution in [1.82, 2.24) is 10.3 Å². The molecule has 31 heavy (non-hydrogen) atoms. The highest BCUT2D eigenvalue weighted by Gasteiger charge is 2.33. The number of rotatable bonds is 2. The Morgan fingerprint density at radius 1 is 0.903 bits per heavy atom. The van der Waals surface area contributed by atoms with Crippen LogP contribution in [0, 0.1) is 0 Å². The average molecular weight is 449 g/mol. The number of nitrogens with one attached hydrogen (secondary N) is 2. The van der Waals surface area contributed by atoms with Crippen LogP contribution in [0.4, 0.5) is 0 Å². The van der Waals surface area contributed by atoms with Crippen LogP contribution in [0.2, 0.25) is 10.0 Å². The first kappa shape index (κ1) is 20.6. The molecule has 0 bridgehead atoms. The molecule has 4 aromatic rings. The van der Waals surface area contributed by atoms with Crippen molar-refractivity contribution in [3.05, 3.63) is 105 Å². The fraction of sp³-hybridized carbons (Fsp3) is 0.259. The largest absolute Gasteiger partial charge is 0.357 e. The molecule has 0 fully saturated rings. The Kier molecular flexibility index (Phi) is 5.13. The van der Waals surface area contributed by atoms with Crippen molar-refractivity contribution in [2.24, 2.45) is 0 Å². The SMILES string of the molecule is CC(C)(C)c1ccc([C@H]2NC[C@@H](c3ccc(Cl)cc3Cl)c3c2[nH]c2ccccc32)cc1. The number of hydrogen-bond donors (Lipinski definition) is 2. The Hall–Kier alpha value is -2.26. The van der Waals surface area contributed by atoms with Crippen LogP contribution in [0.1, 0.15) is 60.7 Å². The minimum Gasteiger partial charge on any atom is -0.357 e. The Balaban J connectivity index is 1.64. The van der Waals surface area contributed by atoms with Crippen LogP contribution in [0.5, 0.6) is 0 Å². The third-order valence-electron chi connectivity index (χ3n) is 6.39. The smallest absolute Gasteiger partial charge is 0.0732 e. The van der Waals surface area contributed by atoms with Gasteiger partial charge in [0.05, 0.1) is 6.04 Å². The molecule has 0 spiro atoms. The predicted octanol–water partition coefficient (Wildman–Crippen LogP) is 7.60. The van der Waals surface area contributed by atoms with E-state index in [-0.39, 0.29) is 17.4 Å². The zero-order valence-electron chi connectivity index (χ0n) is 18.0. The van der Waals surface area contributed by atoms with Crippen molar-refractivity contribution >= 4 is 34.1 Å². The maximum Gasteiger partial charge on any atom is 0.0732 e. The minimum atomic E-state index is 0.110. The second-order valence-corrected chi connectivity index (χ2v) is 10.3.